The molecule has 0 radical (unpaired) electrons. The number of carbonyl (C=O) groups excluding carboxylic acids is 1. The van der Waals surface area contributed by atoms with E-state index < -0.39 is 0 Å². The highest BCUT2D eigenvalue weighted by Crippen LogP contribution is 2.22. The summed E-state index contributed by atoms with van der Waals surface area (Å²) in [4.78, 5) is 14.4. The lowest BCUT2D eigenvalue weighted by molar-refractivity contribution is -0.118. The lowest BCUT2D eigenvalue weighted by atomic mass is 10.2. The minimum atomic E-state index is -0.251. The normalized spacial score (nSPS) is 19.2. The number of hydrogen-bond acceptors (Lipinski definition) is 5. The maximum atomic E-state index is 12.1. The van der Waals surface area contributed by atoms with Crippen LogP contribution in [0.5, 0.6) is 5.75 Å². The molecule has 3 rings (SSSR count). The third-order valence-corrected chi connectivity index (χ3v) is 4.27. The highest BCUT2D eigenvalue weighted by molar-refractivity contribution is 5.92. The van der Waals surface area contributed by atoms with Gasteiger partial charge < -0.3 is 19.7 Å². The van der Waals surface area contributed by atoms with Gasteiger partial charge in [0.1, 0.15) is 5.75 Å². The fourth-order valence-corrected chi connectivity index (χ4v) is 3.15. The van der Waals surface area contributed by atoms with E-state index in [0.29, 0.717) is 17.0 Å². The average molecular weight is 365 g/mol. The van der Waals surface area contributed by atoms with Crippen molar-refractivity contribution in [1.29, 1.82) is 5.26 Å². The summed E-state index contributed by atoms with van der Waals surface area (Å²) >= 11 is 0. The molecule has 6 heteroatoms. The van der Waals surface area contributed by atoms with E-state index >= 15 is 0 Å². The predicted molar refractivity (Wildman–Crippen MR) is 104 cm³/mol. The summed E-state index contributed by atoms with van der Waals surface area (Å²) in [6.07, 6.45) is 0.398. The Bertz CT molecular complexity index is 819. The number of nitrogens with one attached hydrogen (secondary N) is 1. The van der Waals surface area contributed by atoms with E-state index in [1.54, 1.807) is 24.3 Å². The Morgan fingerprint density at radius 2 is 1.93 bits per heavy atom. The van der Waals surface area contributed by atoms with Crippen LogP contribution in [0.1, 0.15) is 19.4 Å². The van der Waals surface area contributed by atoms with Crippen molar-refractivity contribution in [2.75, 3.05) is 29.9 Å². The smallest absolute Gasteiger partial charge is 0.262 e. The van der Waals surface area contributed by atoms with Crippen molar-refractivity contribution in [3.8, 4) is 11.8 Å². The van der Waals surface area contributed by atoms with Crippen LogP contribution in [0, 0.1) is 11.3 Å². The van der Waals surface area contributed by atoms with Crippen LogP contribution >= 0.6 is 0 Å². The second-order valence-corrected chi connectivity index (χ2v) is 6.69. The Hall–Kier alpha value is -3.04. The topological polar surface area (TPSA) is 74.6 Å². The first-order chi connectivity index (χ1) is 13.0. The molecule has 1 aliphatic heterocycles. The first-order valence-corrected chi connectivity index (χ1v) is 8.97. The van der Waals surface area contributed by atoms with Gasteiger partial charge in [0.15, 0.2) is 6.61 Å². The van der Waals surface area contributed by atoms with Gasteiger partial charge in [0.05, 0.1) is 23.8 Å². The average Bonchev–Trinajstić information content (AvgIpc) is 2.66. The molecular formula is C21H23N3O3. The van der Waals surface area contributed by atoms with Gasteiger partial charge in [-0.2, -0.15) is 5.26 Å². The van der Waals surface area contributed by atoms with Crippen LogP contribution in [0.3, 0.4) is 0 Å². The first kappa shape index (κ1) is 18.7. The van der Waals surface area contributed by atoms with Crippen LogP contribution in [0.2, 0.25) is 0 Å². The Morgan fingerprint density at radius 3 is 2.59 bits per heavy atom. The van der Waals surface area contributed by atoms with E-state index in [9.17, 15) is 4.79 Å². The second kappa shape index (κ2) is 8.56. The Morgan fingerprint density at radius 1 is 1.22 bits per heavy atom. The molecule has 1 heterocycles. The van der Waals surface area contributed by atoms with Crippen molar-refractivity contribution in [2.45, 2.75) is 26.1 Å². The molecule has 6 nitrogen and oxygen atoms in total. The van der Waals surface area contributed by atoms with Gasteiger partial charge in [0.25, 0.3) is 5.91 Å². The molecule has 2 atom stereocenters. The van der Waals surface area contributed by atoms with E-state index in [1.165, 1.54) is 0 Å². The lowest BCUT2D eigenvalue weighted by Gasteiger charge is -2.36. The number of anilines is 2. The molecule has 0 saturated carbocycles. The molecule has 0 aromatic heterocycles. The van der Waals surface area contributed by atoms with Crippen molar-refractivity contribution in [2.24, 2.45) is 0 Å². The largest absolute Gasteiger partial charge is 0.484 e. The second-order valence-electron chi connectivity index (χ2n) is 6.69. The van der Waals surface area contributed by atoms with Gasteiger partial charge in [-0.15, -0.1) is 0 Å². The number of nitrogens with zero attached hydrogens (tertiary/aromatic N) is 2. The number of morpholine rings is 1. The standard InChI is InChI=1S/C21H23N3O3/c1-15-12-24(13-16(2)27-15)19-8-6-18(7-9-19)23-21(25)14-26-20-5-3-4-17(10-20)11-22/h3-10,15-16H,12-14H2,1-2H3,(H,23,25). The van der Waals surface area contributed by atoms with Crippen molar-refractivity contribution in [1.82, 2.24) is 0 Å². The van der Waals surface area contributed by atoms with Crippen molar-refractivity contribution >= 4 is 17.3 Å². The minimum absolute atomic E-state index is 0.116. The summed E-state index contributed by atoms with van der Waals surface area (Å²) in [5.74, 6) is 0.244. The summed E-state index contributed by atoms with van der Waals surface area (Å²) in [6.45, 7) is 5.74. The predicted octanol–water partition coefficient (Wildman–Crippen LogP) is 3.19. The monoisotopic (exact) mass is 365 g/mol. The van der Waals surface area contributed by atoms with E-state index in [0.717, 1.165) is 18.8 Å². The first-order valence-electron chi connectivity index (χ1n) is 8.97. The van der Waals surface area contributed by atoms with Crippen molar-refractivity contribution in [3.05, 3.63) is 54.1 Å². The number of amides is 1. The summed E-state index contributed by atoms with van der Waals surface area (Å²) in [6, 6.07) is 16.5. The number of ether oxygens (including phenoxy) is 2. The number of rotatable bonds is 5. The SMILES string of the molecule is CC1CN(c2ccc(NC(=O)COc3cccc(C#N)c3)cc2)CC(C)O1. The molecule has 0 aliphatic carbocycles. The number of benzene rings is 2. The zero-order valence-electron chi connectivity index (χ0n) is 15.5. The molecule has 1 fully saturated rings. The van der Waals surface area contributed by atoms with Gasteiger partial charge in [-0.25, -0.2) is 0 Å². The molecule has 1 saturated heterocycles. The van der Waals surface area contributed by atoms with Gasteiger partial charge in [-0.1, -0.05) is 6.07 Å². The van der Waals surface area contributed by atoms with E-state index in [1.807, 2.05) is 30.3 Å². The van der Waals surface area contributed by atoms with Crippen molar-refractivity contribution in [3.63, 3.8) is 0 Å². The van der Waals surface area contributed by atoms with Gasteiger partial charge >= 0.3 is 0 Å². The van der Waals surface area contributed by atoms with Crippen LogP contribution < -0.4 is 15.0 Å². The summed E-state index contributed by atoms with van der Waals surface area (Å²) in [7, 11) is 0. The Balaban J connectivity index is 1.53. The summed E-state index contributed by atoms with van der Waals surface area (Å²) in [5, 5.41) is 11.7. The minimum Gasteiger partial charge on any atom is -0.484 e. The van der Waals surface area contributed by atoms with Crippen LogP contribution in [0.25, 0.3) is 0 Å². The third kappa shape index (κ3) is 5.22. The maximum Gasteiger partial charge on any atom is 0.262 e. The van der Waals surface area contributed by atoms with Gasteiger partial charge in [-0.05, 0) is 56.3 Å². The van der Waals surface area contributed by atoms with E-state index in [4.69, 9.17) is 14.7 Å². The van der Waals surface area contributed by atoms with Gasteiger partial charge in [0.2, 0.25) is 0 Å². The van der Waals surface area contributed by atoms with Crippen LogP contribution in [-0.4, -0.2) is 37.8 Å². The molecule has 1 aliphatic rings. The lowest BCUT2D eigenvalue weighted by Crippen LogP contribution is -2.45. The van der Waals surface area contributed by atoms with Crippen LogP contribution in [0.15, 0.2) is 48.5 Å². The number of nitriles is 1. The number of carbonyl (C=O) groups is 1. The Labute approximate surface area is 159 Å². The van der Waals surface area contributed by atoms with Crippen molar-refractivity contribution < 1.29 is 14.3 Å². The van der Waals surface area contributed by atoms with Crippen LogP contribution in [0.4, 0.5) is 11.4 Å². The van der Waals surface area contributed by atoms with E-state index in [-0.39, 0.29) is 24.7 Å². The van der Waals surface area contributed by atoms with E-state index in [2.05, 4.69) is 24.1 Å². The highest BCUT2D eigenvalue weighted by Gasteiger charge is 2.22. The quantitative estimate of drug-likeness (QED) is 0.881. The third-order valence-electron chi connectivity index (χ3n) is 4.27. The molecule has 27 heavy (non-hydrogen) atoms. The molecule has 140 valence electrons. The number of hydrogen-bond donors (Lipinski definition) is 1. The molecule has 2 aromatic rings. The molecule has 1 amide bonds. The molecule has 0 bridgehead atoms. The highest BCUT2D eigenvalue weighted by atomic mass is 16.5. The zero-order valence-corrected chi connectivity index (χ0v) is 15.5. The van der Waals surface area contributed by atoms with Gasteiger partial charge in [-0.3, -0.25) is 4.79 Å². The fraction of sp³-hybridized carbons (Fsp3) is 0.333. The Kier molecular flexibility index (Phi) is 5.94. The summed E-state index contributed by atoms with van der Waals surface area (Å²) < 4.78 is 11.2. The molecule has 0 spiro atoms. The molecule has 1 N–H and O–H groups in total. The zero-order chi connectivity index (χ0) is 19.2. The summed E-state index contributed by atoms with van der Waals surface area (Å²) in [5.41, 5.74) is 2.32. The maximum absolute atomic E-state index is 12.1. The molecular weight excluding hydrogens is 342 g/mol. The fourth-order valence-electron chi connectivity index (χ4n) is 3.15. The van der Waals surface area contributed by atoms with Crippen LogP contribution in [-0.2, 0) is 9.53 Å². The molecule has 2 unspecified atom stereocenters. The van der Waals surface area contributed by atoms with Gasteiger partial charge in [0, 0.05) is 24.5 Å². The molecule has 2 aromatic carbocycles.